The van der Waals surface area contributed by atoms with E-state index in [1.165, 1.54) is 11.8 Å². The maximum Gasteiger partial charge on any atom is 0.263 e. The van der Waals surface area contributed by atoms with Crippen LogP contribution in [-0.2, 0) is 9.59 Å². The first kappa shape index (κ1) is 11.1. The van der Waals surface area contributed by atoms with Crippen molar-refractivity contribution in [2.75, 3.05) is 18.0 Å². The number of amidine groups is 1. The highest BCUT2D eigenvalue weighted by Gasteiger charge is 2.34. The number of rotatable bonds is 2. The summed E-state index contributed by atoms with van der Waals surface area (Å²) in [5, 5.41) is 6.01. The fourth-order valence-electron chi connectivity index (χ4n) is 1.90. The van der Waals surface area contributed by atoms with E-state index in [4.69, 9.17) is 5.73 Å². The summed E-state index contributed by atoms with van der Waals surface area (Å²) in [6, 6.07) is 7.78. The van der Waals surface area contributed by atoms with Gasteiger partial charge in [0.25, 0.3) is 5.91 Å². The third-order valence-corrected chi connectivity index (χ3v) is 3.73. The third kappa shape index (κ3) is 1.72. The Bertz CT molecular complexity index is 572. The molecule has 0 spiro atoms. The van der Waals surface area contributed by atoms with E-state index in [2.05, 4.69) is 5.10 Å². The molecule has 0 atom stereocenters. The van der Waals surface area contributed by atoms with Crippen LogP contribution in [0.4, 0.5) is 5.69 Å². The van der Waals surface area contributed by atoms with E-state index in [0.29, 0.717) is 5.17 Å². The lowest BCUT2D eigenvalue weighted by molar-refractivity contribution is -0.134. The van der Waals surface area contributed by atoms with Gasteiger partial charge in [-0.15, -0.1) is 5.10 Å². The van der Waals surface area contributed by atoms with Crippen LogP contribution in [0.3, 0.4) is 0 Å². The number of hydrogen-bond acceptors (Lipinski definition) is 5. The lowest BCUT2D eigenvalue weighted by atomic mass is 10.3. The molecule has 92 valence electrons. The summed E-state index contributed by atoms with van der Waals surface area (Å²) in [7, 11) is 0. The fourth-order valence-corrected chi connectivity index (χ4v) is 2.94. The van der Waals surface area contributed by atoms with Gasteiger partial charge in [0.2, 0.25) is 5.91 Å². The maximum absolute atomic E-state index is 11.8. The third-order valence-electron chi connectivity index (χ3n) is 2.68. The molecular formula is C11H10N4O2S. The Labute approximate surface area is 107 Å². The lowest BCUT2D eigenvalue weighted by Gasteiger charge is -2.27. The molecule has 18 heavy (non-hydrogen) atoms. The van der Waals surface area contributed by atoms with Crippen LogP contribution in [0.2, 0.25) is 0 Å². The molecule has 0 saturated carbocycles. The molecule has 0 unspecified atom stereocenters. The van der Waals surface area contributed by atoms with Gasteiger partial charge in [-0.1, -0.05) is 12.1 Å². The van der Waals surface area contributed by atoms with Crippen molar-refractivity contribution in [3.05, 3.63) is 24.3 Å². The van der Waals surface area contributed by atoms with E-state index in [1.54, 1.807) is 0 Å². The van der Waals surface area contributed by atoms with Crippen LogP contribution in [0.5, 0.6) is 0 Å². The van der Waals surface area contributed by atoms with Gasteiger partial charge in [-0.2, -0.15) is 0 Å². The minimum atomic E-state index is -0.568. The van der Waals surface area contributed by atoms with Crippen molar-refractivity contribution in [1.29, 1.82) is 0 Å². The highest BCUT2D eigenvalue weighted by molar-refractivity contribution is 8.14. The Balaban J connectivity index is 1.94. The molecule has 0 bridgehead atoms. The highest BCUT2D eigenvalue weighted by atomic mass is 32.2. The molecule has 2 aliphatic heterocycles. The smallest absolute Gasteiger partial charge is 0.263 e. The second kappa shape index (κ2) is 4.02. The van der Waals surface area contributed by atoms with Gasteiger partial charge < -0.3 is 10.6 Å². The topological polar surface area (TPSA) is 79.0 Å². The number of anilines is 1. The van der Waals surface area contributed by atoms with E-state index >= 15 is 0 Å². The lowest BCUT2D eigenvalue weighted by Crippen LogP contribution is -2.47. The van der Waals surface area contributed by atoms with Crippen molar-refractivity contribution < 1.29 is 9.59 Å². The van der Waals surface area contributed by atoms with Gasteiger partial charge in [0.15, 0.2) is 5.17 Å². The minimum absolute atomic E-state index is 0.174. The predicted octanol–water partition coefficient (Wildman–Crippen LogP) is 0.197. The summed E-state index contributed by atoms with van der Waals surface area (Å²) < 4.78 is 0. The quantitative estimate of drug-likeness (QED) is 0.825. The molecule has 3 rings (SSSR count). The number of primary amides is 1. The summed E-state index contributed by atoms with van der Waals surface area (Å²) in [5.41, 5.74) is 6.06. The second-order valence-corrected chi connectivity index (χ2v) is 4.97. The highest BCUT2D eigenvalue weighted by Crippen LogP contribution is 2.41. The molecule has 2 heterocycles. The maximum atomic E-state index is 11.8. The van der Waals surface area contributed by atoms with Crippen LogP contribution in [-0.4, -0.2) is 35.1 Å². The van der Waals surface area contributed by atoms with Gasteiger partial charge in [0.1, 0.15) is 13.1 Å². The number of carbonyl (C=O) groups excluding carboxylic acids is 2. The van der Waals surface area contributed by atoms with Crippen molar-refractivity contribution in [3.8, 4) is 0 Å². The standard InChI is InChI=1S/C11H10N4O2S/c12-9(16)5-15-10(17)6-14-7-3-1-2-4-8(7)18-11(14)13-15/h1-4H,5-6H2,(H2,12,16). The van der Waals surface area contributed by atoms with Crippen LogP contribution in [0.1, 0.15) is 0 Å². The predicted molar refractivity (Wildman–Crippen MR) is 68.0 cm³/mol. The van der Waals surface area contributed by atoms with Crippen molar-refractivity contribution in [2.24, 2.45) is 10.8 Å². The molecule has 2 N–H and O–H groups in total. The number of benzene rings is 1. The van der Waals surface area contributed by atoms with Crippen LogP contribution < -0.4 is 10.6 Å². The number of para-hydroxylation sites is 1. The Morgan fingerprint density at radius 3 is 3.00 bits per heavy atom. The monoisotopic (exact) mass is 262 g/mol. The van der Waals surface area contributed by atoms with Crippen molar-refractivity contribution >= 4 is 34.4 Å². The first-order chi connectivity index (χ1) is 8.65. The Kier molecular flexibility index (Phi) is 2.48. The molecular weight excluding hydrogens is 252 g/mol. The van der Waals surface area contributed by atoms with E-state index < -0.39 is 5.91 Å². The largest absolute Gasteiger partial charge is 0.368 e. The van der Waals surface area contributed by atoms with Crippen LogP contribution in [0, 0.1) is 0 Å². The Morgan fingerprint density at radius 1 is 1.44 bits per heavy atom. The average Bonchev–Trinajstić information content (AvgIpc) is 2.67. The number of amides is 2. The van der Waals surface area contributed by atoms with Gasteiger partial charge in [0, 0.05) is 4.90 Å². The number of fused-ring (bicyclic) bond motifs is 3. The molecule has 6 nitrogen and oxygen atoms in total. The van der Waals surface area contributed by atoms with E-state index in [1.807, 2.05) is 29.2 Å². The molecule has 2 aliphatic rings. The Hall–Kier alpha value is -2.02. The second-order valence-electron chi connectivity index (χ2n) is 3.96. The number of nitrogens with two attached hydrogens (primary N) is 1. The molecule has 0 aliphatic carbocycles. The van der Waals surface area contributed by atoms with E-state index in [0.717, 1.165) is 15.6 Å². The molecule has 2 amide bonds. The van der Waals surface area contributed by atoms with Crippen molar-refractivity contribution in [2.45, 2.75) is 4.90 Å². The first-order valence-corrected chi connectivity index (χ1v) is 6.18. The van der Waals surface area contributed by atoms with Crippen LogP contribution in [0.15, 0.2) is 34.3 Å². The number of nitrogens with zero attached hydrogens (tertiary/aromatic N) is 3. The fraction of sp³-hybridized carbons (Fsp3) is 0.182. The molecule has 7 heteroatoms. The normalized spacial score (nSPS) is 17.3. The Morgan fingerprint density at radius 2 is 2.22 bits per heavy atom. The molecule has 0 fully saturated rings. The summed E-state index contributed by atoms with van der Waals surface area (Å²) in [6.45, 7) is 0.0171. The first-order valence-electron chi connectivity index (χ1n) is 5.37. The zero-order chi connectivity index (χ0) is 12.7. The van der Waals surface area contributed by atoms with Gasteiger partial charge in [-0.05, 0) is 23.9 Å². The van der Waals surface area contributed by atoms with Crippen molar-refractivity contribution in [1.82, 2.24) is 5.01 Å². The van der Waals surface area contributed by atoms with Gasteiger partial charge in [-0.25, -0.2) is 5.01 Å². The van der Waals surface area contributed by atoms with Gasteiger partial charge in [-0.3, -0.25) is 9.59 Å². The van der Waals surface area contributed by atoms with Crippen LogP contribution >= 0.6 is 11.8 Å². The number of hydrazone groups is 1. The molecule has 0 aromatic heterocycles. The minimum Gasteiger partial charge on any atom is -0.368 e. The molecule has 0 radical (unpaired) electrons. The zero-order valence-corrected chi connectivity index (χ0v) is 10.2. The van der Waals surface area contributed by atoms with Gasteiger partial charge >= 0.3 is 0 Å². The van der Waals surface area contributed by atoms with Crippen LogP contribution in [0.25, 0.3) is 0 Å². The summed E-state index contributed by atoms with van der Waals surface area (Å²) >= 11 is 1.48. The number of thioether (sulfide) groups is 1. The van der Waals surface area contributed by atoms with E-state index in [-0.39, 0.29) is 19.0 Å². The number of hydrogen-bond donors (Lipinski definition) is 1. The van der Waals surface area contributed by atoms with E-state index in [9.17, 15) is 9.59 Å². The average molecular weight is 262 g/mol. The SMILES string of the molecule is NC(=O)CN1N=C2Sc3ccccc3N2CC1=O. The number of carbonyl (C=O) groups is 2. The summed E-state index contributed by atoms with van der Waals surface area (Å²) in [6.07, 6.45) is 0. The summed E-state index contributed by atoms with van der Waals surface area (Å²) in [5.74, 6) is -0.795. The van der Waals surface area contributed by atoms with Gasteiger partial charge in [0.05, 0.1) is 5.69 Å². The van der Waals surface area contributed by atoms with Crippen molar-refractivity contribution in [3.63, 3.8) is 0 Å². The molecule has 0 saturated heterocycles. The zero-order valence-electron chi connectivity index (χ0n) is 9.37. The molecule has 1 aromatic carbocycles. The molecule has 1 aromatic rings. The summed E-state index contributed by atoms with van der Waals surface area (Å²) in [4.78, 5) is 25.6.